The fourth-order valence-corrected chi connectivity index (χ4v) is 4.05. The first-order chi connectivity index (χ1) is 16.6. The van der Waals surface area contributed by atoms with Crippen LogP contribution in [0.3, 0.4) is 0 Å². The molecule has 0 bridgehead atoms. The van der Waals surface area contributed by atoms with E-state index in [1.54, 1.807) is 61.7 Å². The number of anilines is 2. The van der Waals surface area contributed by atoms with Gasteiger partial charge in [0, 0.05) is 11.8 Å². The predicted molar refractivity (Wildman–Crippen MR) is 129 cm³/mol. The lowest BCUT2D eigenvalue weighted by Gasteiger charge is -2.19. The summed E-state index contributed by atoms with van der Waals surface area (Å²) in [6, 6.07) is 19.9. The molecule has 2 amide bonds. The summed E-state index contributed by atoms with van der Waals surface area (Å²) < 4.78 is 16.5. The van der Waals surface area contributed by atoms with Crippen molar-refractivity contribution in [3.63, 3.8) is 0 Å². The predicted octanol–water partition coefficient (Wildman–Crippen LogP) is 4.43. The van der Waals surface area contributed by atoms with Crippen LogP contribution in [-0.4, -0.2) is 32.1 Å². The Balaban J connectivity index is 1.56. The van der Waals surface area contributed by atoms with Crippen molar-refractivity contribution in [3.05, 3.63) is 83.6 Å². The van der Waals surface area contributed by atoms with Crippen molar-refractivity contribution >= 4 is 28.8 Å². The minimum Gasteiger partial charge on any atom is -0.497 e. The molecule has 0 saturated heterocycles. The van der Waals surface area contributed by atoms with E-state index in [1.807, 2.05) is 12.1 Å². The van der Waals surface area contributed by atoms with Gasteiger partial charge in [-0.2, -0.15) is 0 Å². The van der Waals surface area contributed by atoms with Crippen LogP contribution in [0.25, 0.3) is 5.57 Å². The SMILES string of the molecule is CCc1ccc(N2C(=O)C(Nc3ccc4c(c3)OCCO4)=C(c3ccc(OC)cc3)C2=O)cc1. The smallest absolute Gasteiger partial charge is 0.282 e. The van der Waals surface area contributed by atoms with Crippen molar-refractivity contribution in [2.24, 2.45) is 0 Å². The Hall–Kier alpha value is -4.26. The number of benzene rings is 3. The highest BCUT2D eigenvalue weighted by Crippen LogP contribution is 2.37. The summed E-state index contributed by atoms with van der Waals surface area (Å²) in [5, 5.41) is 3.17. The van der Waals surface area contributed by atoms with Gasteiger partial charge < -0.3 is 19.5 Å². The summed E-state index contributed by atoms with van der Waals surface area (Å²) >= 11 is 0. The van der Waals surface area contributed by atoms with Gasteiger partial charge in [0.25, 0.3) is 11.8 Å². The second-order valence-electron chi connectivity index (χ2n) is 7.93. The summed E-state index contributed by atoms with van der Waals surface area (Å²) in [5.74, 6) is 1.09. The number of aryl methyl sites for hydroxylation is 1. The van der Waals surface area contributed by atoms with E-state index in [2.05, 4.69) is 12.2 Å². The van der Waals surface area contributed by atoms with E-state index in [4.69, 9.17) is 14.2 Å². The Morgan fingerprint density at radius 3 is 2.26 bits per heavy atom. The van der Waals surface area contributed by atoms with Gasteiger partial charge in [-0.3, -0.25) is 9.59 Å². The highest BCUT2D eigenvalue weighted by molar-refractivity contribution is 6.46. The number of nitrogens with one attached hydrogen (secondary N) is 1. The number of nitrogens with zero attached hydrogens (tertiary/aromatic N) is 1. The number of hydrogen-bond acceptors (Lipinski definition) is 6. The Bertz CT molecular complexity index is 1280. The van der Waals surface area contributed by atoms with Gasteiger partial charge in [-0.25, -0.2) is 4.90 Å². The lowest BCUT2D eigenvalue weighted by atomic mass is 10.0. The van der Waals surface area contributed by atoms with Crippen molar-refractivity contribution < 1.29 is 23.8 Å². The zero-order valence-electron chi connectivity index (χ0n) is 19.0. The molecule has 34 heavy (non-hydrogen) atoms. The van der Waals surface area contributed by atoms with Gasteiger partial charge in [0.15, 0.2) is 11.5 Å². The second-order valence-corrected chi connectivity index (χ2v) is 7.93. The molecule has 2 aliphatic heterocycles. The van der Waals surface area contributed by atoms with Gasteiger partial charge >= 0.3 is 0 Å². The first-order valence-corrected chi connectivity index (χ1v) is 11.1. The summed E-state index contributed by atoms with van der Waals surface area (Å²) in [6.07, 6.45) is 0.869. The number of rotatable bonds is 6. The summed E-state index contributed by atoms with van der Waals surface area (Å²) in [5.41, 5.74) is 3.38. The topological polar surface area (TPSA) is 77.1 Å². The van der Waals surface area contributed by atoms with Crippen LogP contribution in [0, 0.1) is 0 Å². The minimum atomic E-state index is -0.421. The standard InChI is InChI=1S/C27H24N2O5/c1-3-17-4-9-20(10-5-17)29-26(30)24(18-6-11-21(32-2)12-7-18)25(27(29)31)28-19-8-13-22-23(16-19)34-15-14-33-22/h4-13,16,28H,3,14-15H2,1-2H3. The van der Waals surface area contributed by atoms with Crippen LogP contribution in [0.2, 0.25) is 0 Å². The van der Waals surface area contributed by atoms with E-state index in [0.29, 0.717) is 53.0 Å². The molecule has 2 aliphatic rings. The van der Waals surface area contributed by atoms with Crippen LogP contribution in [-0.2, 0) is 16.0 Å². The molecule has 3 aromatic carbocycles. The first kappa shape index (κ1) is 21.6. The van der Waals surface area contributed by atoms with Crippen LogP contribution < -0.4 is 24.4 Å². The molecular formula is C27H24N2O5. The molecule has 0 aliphatic carbocycles. The molecular weight excluding hydrogens is 432 g/mol. The molecule has 0 radical (unpaired) electrons. The monoisotopic (exact) mass is 456 g/mol. The van der Waals surface area contributed by atoms with E-state index in [-0.39, 0.29) is 11.6 Å². The summed E-state index contributed by atoms with van der Waals surface area (Å²) in [6.45, 7) is 3.00. The molecule has 0 saturated carbocycles. The van der Waals surface area contributed by atoms with Gasteiger partial charge in [0.05, 0.1) is 18.4 Å². The second kappa shape index (κ2) is 8.94. The van der Waals surface area contributed by atoms with Crippen LogP contribution in [0.1, 0.15) is 18.1 Å². The third kappa shape index (κ3) is 3.85. The van der Waals surface area contributed by atoms with E-state index in [9.17, 15) is 9.59 Å². The molecule has 1 N–H and O–H groups in total. The number of hydrogen-bond donors (Lipinski definition) is 1. The molecule has 7 nitrogen and oxygen atoms in total. The molecule has 0 atom stereocenters. The molecule has 0 fully saturated rings. The van der Waals surface area contributed by atoms with E-state index in [1.165, 1.54) is 4.90 Å². The average molecular weight is 456 g/mol. The molecule has 172 valence electrons. The Labute approximate surface area is 197 Å². The molecule has 2 heterocycles. The summed E-state index contributed by atoms with van der Waals surface area (Å²) in [7, 11) is 1.58. The van der Waals surface area contributed by atoms with Gasteiger partial charge in [0.2, 0.25) is 0 Å². The molecule has 0 spiro atoms. The highest BCUT2D eigenvalue weighted by Gasteiger charge is 2.40. The average Bonchev–Trinajstić information content (AvgIpc) is 3.13. The lowest BCUT2D eigenvalue weighted by Crippen LogP contribution is -2.32. The zero-order valence-corrected chi connectivity index (χ0v) is 19.0. The van der Waals surface area contributed by atoms with Gasteiger partial charge in [-0.1, -0.05) is 31.2 Å². The number of carbonyl (C=O) groups excluding carboxylic acids is 2. The van der Waals surface area contributed by atoms with Crippen molar-refractivity contribution in [2.45, 2.75) is 13.3 Å². The van der Waals surface area contributed by atoms with Crippen LogP contribution in [0.5, 0.6) is 17.2 Å². The number of imide groups is 1. The molecule has 3 aromatic rings. The van der Waals surface area contributed by atoms with Crippen LogP contribution in [0.15, 0.2) is 72.4 Å². The quantitative estimate of drug-likeness (QED) is 0.553. The molecule has 7 heteroatoms. The van der Waals surface area contributed by atoms with Crippen molar-refractivity contribution in [3.8, 4) is 17.2 Å². The van der Waals surface area contributed by atoms with E-state index in [0.717, 1.165) is 12.0 Å². The van der Waals surface area contributed by atoms with Gasteiger partial charge in [-0.05, 0) is 53.9 Å². The number of methoxy groups -OCH3 is 1. The van der Waals surface area contributed by atoms with E-state index >= 15 is 0 Å². The van der Waals surface area contributed by atoms with Crippen molar-refractivity contribution in [2.75, 3.05) is 30.5 Å². The highest BCUT2D eigenvalue weighted by atomic mass is 16.6. The fourth-order valence-electron chi connectivity index (χ4n) is 4.05. The number of carbonyl (C=O) groups is 2. The maximum absolute atomic E-state index is 13.6. The third-order valence-corrected chi connectivity index (χ3v) is 5.88. The summed E-state index contributed by atoms with van der Waals surface area (Å²) in [4.78, 5) is 28.4. The van der Waals surface area contributed by atoms with Crippen LogP contribution in [0.4, 0.5) is 11.4 Å². The Morgan fingerprint density at radius 2 is 1.59 bits per heavy atom. The normalized spacial score (nSPS) is 15.1. The molecule has 0 unspecified atom stereocenters. The minimum absolute atomic E-state index is 0.200. The lowest BCUT2D eigenvalue weighted by molar-refractivity contribution is -0.120. The largest absolute Gasteiger partial charge is 0.497 e. The zero-order chi connectivity index (χ0) is 23.7. The number of fused-ring (bicyclic) bond motifs is 1. The Kier molecular flexibility index (Phi) is 5.67. The van der Waals surface area contributed by atoms with E-state index < -0.39 is 5.91 Å². The fraction of sp³-hybridized carbons (Fsp3) is 0.185. The third-order valence-electron chi connectivity index (χ3n) is 5.88. The van der Waals surface area contributed by atoms with Crippen molar-refractivity contribution in [1.29, 1.82) is 0 Å². The maximum atomic E-state index is 13.6. The number of ether oxygens (including phenoxy) is 3. The molecule has 0 aromatic heterocycles. The number of amides is 2. The maximum Gasteiger partial charge on any atom is 0.282 e. The van der Waals surface area contributed by atoms with Gasteiger partial charge in [-0.15, -0.1) is 0 Å². The first-order valence-electron chi connectivity index (χ1n) is 11.1. The van der Waals surface area contributed by atoms with Crippen LogP contribution >= 0.6 is 0 Å². The molecule has 5 rings (SSSR count). The van der Waals surface area contributed by atoms with Crippen molar-refractivity contribution in [1.82, 2.24) is 0 Å². The Morgan fingerprint density at radius 1 is 0.882 bits per heavy atom. The van der Waals surface area contributed by atoms with Gasteiger partial charge in [0.1, 0.15) is 24.7 Å².